The molecule has 2 rings (SSSR count). The fraction of sp³-hybridized carbons (Fsp3) is 0.304. The van der Waals surface area contributed by atoms with E-state index in [9.17, 15) is 9.59 Å². The summed E-state index contributed by atoms with van der Waals surface area (Å²) in [6.07, 6.45) is 0. The van der Waals surface area contributed by atoms with Crippen LogP contribution in [0.3, 0.4) is 0 Å². The summed E-state index contributed by atoms with van der Waals surface area (Å²) in [4.78, 5) is 28.3. The predicted octanol–water partition coefficient (Wildman–Crippen LogP) is 4.16. The zero-order valence-corrected chi connectivity index (χ0v) is 19.9. The molecule has 176 valence electrons. The van der Waals surface area contributed by atoms with Crippen molar-refractivity contribution in [2.75, 3.05) is 19.0 Å². The first-order chi connectivity index (χ1) is 15.5. The SMILES string of the molecule is COc1ccc(Cl)cc1N=C(C)/C(=N\N)C(=O)Nc1cc(C(C)(C)C)ccc1OCC(=O)O. The number of hydrogen-bond acceptors (Lipinski definition) is 7. The van der Waals surface area contributed by atoms with Crippen LogP contribution in [0.4, 0.5) is 11.4 Å². The molecular formula is C23H27ClN4O5. The molecule has 0 heterocycles. The van der Waals surface area contributed by atoms with Gasteiger partial charge < -0.3 is 25.7 Å². The fourth-order valence-corrected chi connectivity index (χ4v) is 3.01. The van der Waals surface area contributed by atoms with Crippen molar-refractivity contribution in [2.24, 2.45) is 15.9 Å². The number of carbonyl (C=O) groups excluding carboxylic acids is 1. The number of carboxylic acids is 1. The number of anilines is 1. The third kappa shape index (κ3) is 6.95. The van der Waals surface area contributed by atoms with Crippen LogP contribution in [0.5, 0.6) is 11.5 Å². The van der Waals surface area contributed by atoms with Gasteiger partial charge in [0.2, 0.25) is 0 Å². The van der Waals surface area contributed by atoms with Crippen molar-refractivity contribution in [3.63, 3.8) is 0 Å². The van der Waals surface area contributed by atoms with E-state index in [1.807, 2.05) is 26.8 Å². The van der Waals surface area contributed by atoms with Crippen LogP contribution in [0, 0.1) is 0 Å². The number of hydrazone groups is 1. The molecule has 2 aromatic rings. The second-order valence-corrected chi connectivity index (χ2v) is 8.53. The number of benzene rings is 2. The van der Waals surface area contributed by atoms with Crippen LogP contribution in [0.25, 0.3) is 0 Å². The number of ether oxygens (including phenoxy) is 2. The summed E-state index contributed by atoms with van der Waals surface area (Å²) in [6, 6.07) is 10.0. The van der Waals surface area contributed by atoms with Crippen molar-refractivity contribution in [1.82, 2.24) is 0 Å². The molecule has 0 fully saturated rings. The van der Waals surface area contributed by atoms with Crippen LogP contribution >= 0.6 is 11.6 Å². The van der Waals surface area contributed by atoms with Crippen molar-refractivity contribution in [3.05, 3.63) is 47.0 Å². The number of nitrogens with zero attached hydrogens (tertiary/aromatic N) is 2. The van der Waals surface area contributed by atoms with Crippen molar-refractivity contribution in [3.8, 4) is 11.5 Å². The van der Waals surface area contributed by atoms with Gasteiger partial charge in [-0.1, -0.05) is 38.4 Å². The maximum absolute atomic E-state index is 13.0. The van der Waals surface area contributed by atoms with Gasteiger partial charge in [0, 0.05) is 5.02 Å². The highest BCUT2D eigenvalue weighted by Crippen LogP contribution is 2.32. The highest BCUT2D eigenvalue weighted by atomic mass is 35.5. The quantitative estimate of drug-likeness (QED) is 0.298. The summed E-state index contributed by atoms with van der Waals surface area (Å²) in [5.74, 6) is 4.36. The third-order valence-electron chi connectivity index (χ3n) is 4.56. The third-order valence-corrected chi connectivity index (χ3v) is 4.80. The number of halogens is 1. The minimum Gasteiger partial charge on any atom is -0.494 e. The number of hydrogen-bond donors (Lipinski definition) is 3. The average molecular weight is 475 g/mol. The van der Waals surface area contributed by atoms with Crippen LogP contribution in [0.2, 0.25) is 5.02 Å². The highest BCUT2D eigenvalue weighted by molar-refractivity contribution is 6.68. The Morgan fingerprint density at radius 2 is 1.82 bits per heavy atom. The van der Waals surface area contributed by atoms with Crippen LogP contribution in [0.15, 0.2) is 46.5 Å². The molecule has 0 aliphatic heterocycles. The first-order valence-corrected chi connectivity index (χ1v) is 10.3. The normalized spacial score (nSPS) is 12.3. The molecule has 10 heteroatoms. The Labute approximate surface area is 197 Å². The summed E-state index contributed by atoms with van der Waals surface area (Å²) >= 11 is 6.05. The Balaban J connectivity index is 2.40. The van der Waals surface area contributed by atoms with Crippen molar-refractivity contribution in [1.29, 1.82) is 0 Å². The minimum absolute atomic E-state index is 0.137. The van der Waals surface area contributed by atoms with Crippen molar-refractivity contribution < 1.29 is 24.2 Å². The number of carbonyl (C=O) groups is 2. The monoisotopic (exact) mass is 474 g/mol. The maximum atomic E-state index is 13.0. The molecule has 2 aromatic carbocycles. The number of methoxy groups -OCH3 is 1. The molecule has 4 N–H and O–H groups in total. The number of rotatable bonds is 8. The summed E-state index contributed by atoms with van der Waals surface area (Å²) in [7, 11) is 1.49. The first kappa shape index (κ1) is 25.7. The van der Waals surface area contributed by atoms with Crippen molar-refractivity contribution >= 4 is 46.3 Å². The zero-order chi connectivity index (χ0) is 24.8. The van der Waals surface area contributed by atoms with E-state index < -0.39 is 18.5 Å². The smallest absolute Gasteiger partial charge is 0.341 e. The van der Waals surface area contributed by atoms with Crippen LogP contribution < -0.4 is 20.6 Å². The Bertz CT molecular complexity index is 1110. The Morgan fingerprint density at radius 3 is 2.39 bits per heavy atom. The lowest BCUT2D eigenvalue weighted by Crippen LogP contribution is -2.30. The lowest BCUT2D eigenvalue weighted by molar-refractivity contribution is -0.139. The molecule has 0 aromatic heterocycles. The number of aliphatic imine (C=N–C) groups is 1. The molecule has 0 spiro atoms. The highest BCUT2D eigenvalue weighted by Gasteiger charge is 2.21. The lowest BCUT2D eigenvalue weighted by atomic mass is 9.87. The molecular weight excluding hydrogens is 448 g/mol. The van der Waals surface area contributed by atoms with E-state index in [2.05, 4.69) is 15.4 Å². The van der Waals surface area contributed by atoms with Gasteiger partial charge in [0.05, 0.1) is 18.5 Å². The van der Waals surface area contributed by atoms with Crippen molar-refractivity contribution in [2.45, 2.75) is 33.1 Å². The van der Waals surface area contributed by atoms with Crippen LogP contribution in [-0.2, 0) is 15.0 Å². The standard InChI is InChI=1S/C23H27ClN4O5/c1-13(26-17-11-15(24)7-9-18(17)32-5)21(28-25)22(31)27-16-10-14(23(2,3)4)6-8-19(16)33-12-20(29)30/h6-11H,12,25H2,1-5H3,(H,27,31)(H,29,30)/b26-13?,28-21+. The van der Waals surface area contributed by atoms with E-state index in [0.717, 1.165) is 5.56 Å². The van der Waals surface area contributed by atoms with Gasteiger partial charge in [-0.15, -0.1) is 0 Å². The van der Waals surface area contributed by atoms with Gasteiger partial charge in [0.15, 0.2) is 12.3 Å². The first-order valence-electron chi connectivity index (χ1n) is 9.93. The number of aliphatic carboxylic acids is 1. The lowest BCUT2D eigenvalue weighted by Gasteiger charge is -2.21. The molecule has 0 aliphatic carbocycles. The zero-order valence-electron chi connectivity index (χ0n) is 19.1. The molecule has 9 nitrogen and oxygen atoms in total. The number of nitrogens with one attached hydrogen (secondary N) is 1. The van der Waals surface area contributed by atoms with Gasteiger partial charge in [-0.25, -0.2) is 9.79 Å². The summed E-state index contributed by atoms with van der Waals surface area (Å²) in [5.41, 5.74) is 1.44. The van der Waals surface area contributed by atoms with E-state index in [0.29, 0.717) is 16.5 Å². The van der Waals surface area contributed by atoms with E-state index in [4.69, 9.17) is 32.0 Å². The Kier molecular flexibility index (Phi) is 8.42. The fourth-order valence-electron chi connectivity index (χ4n) is 2.84. The van der Waals surface area contributed by atoms with Gasteiger partial charge in [0.25, 0.3) is 5.91 Å². The van der Waals surface area contributed by atoms with Gasteiger partial charge in [-0.2, -0.15) is 5.10 Å². The maximum Gasteiger partial charge on any atom is 0.341 e. The molecule has 0 unspecified atom stereocenters. The minimum atomic E-state index is -1.14. The van der Waals surface area contributed by atoms with Gasteiger partial charge in [-0.05, 0) is 48.2 Å². The molecule has 0 saturated heterocycles. The number of carboxylic acid groups (broad SMARTS) is 1. The summed E-state index contributed by atoms with van der Waals surface area (Å²) in [5, 5.41) is 15.7. The van der Waals surface area contributed by atoms with E-state index in [1.165, 1.54) is 7.11 Å². The van der Waals surface area contributed by atoms with Gasteiger partial charge in [0.1, 0.15) is 17.2 Å². The molecule has 0 atom stereocenters. The van der Waals surface area contributed by atoms with E-state index in [-0.39, 0.29) is 28.3 Å². The van der Waals surface area contributed by atoms with Crippen LogP contribution in [0.1, 0.15) is 33.3 Å². The summed E-state index contributed by atoms with van der Waals surface area (Å²) < 4.78 is 10.6. The van der Waals surface area contributed by atoms with Crippen LogP contribution in [-0.4, -0.2) is 42.1 Å². The molecule has 0 saturated carbocycles. The topological polar surface area (TPSA) is 136 Å². The Morgan fingerprint density at radius 1 is 1.15 bits per heavy atom. The van der Waals surface area contributed by atoms with E-state index >= 15 is 0 Å². The van der Waals surface area contributed by atoms with Gasteiger partial charge in [-0.3, -0.25) is 4.79 Å². The molecule has 0 aliphatic rings. The summed E-state index contributed by atoms with van der Waals surface area (Å²) in [6.45, 7) is 7.03. The Hall–Kier alpha value is -3.59. The molecule has 33 heavy (non-hydrogen) atoms. The second kappa shape index (κ2) is 10.8. The largest absolute Gasteiger partial charge is 0.494 e. The van der Waals surface area contributed by atoms with Gasteiger partial charge >= 0.3 is 5.97 Å². The number of amides is 1. The average Bonchev–Trinajstić information content (AvgIpc) is 2.72. The number of nitrogens with two attached hydrogens (primary N) is 1. The molecule has 0 bridgehead atoms. The molecule has 0 radical (unpaired) electrons. The predicted molar refractivity (Wildman–Crippen MR) is 129 cm³/mol. The van der Waals surface area contributed by atoms with E-state index in [1.54, 1.807) is 37.3 Å². The second-order valence-electron chi connectivity index (χ2n) is 8.09. The molecule has 1 amide bonds.